The van der Waals surface area contributed by atoms with Gasteiger partial charge in [0.15, 0.2) is 0 Å². The molecule has 5 heteroatoms. The Bertz CT molecular complexity index is 780. The van der Waals surface area contributed by atoms with E-state index in [1.165, 1.54) is 0 Å². The third-order valence-electron chi connectivity index (χ3n) is 3.20. The third kappa shape index (κ3) is 3.20. The van der Waals surface area contributed by atoms with Gasteiger partial charge in [-0.2, -0.15) is 0 Å². The molecule has 1 amide bonds. The number of amides is 1. The fourth-order valence-corrected chi connectivity index (χ4v) is 2.78. The number of thioether (sulfide) groups is 1. The molecule has 0 saturated carbocycles. The Hall–Kier alpha value is -2.53. The van der Waals surface area contributed by atoms with Crippen molar-refractivity contribution >= 4 is 34.6 Å². The first-order valence-corrected chi connectivity index (χ1v) is 7.58. The van der Waals surface area contributed by atoms with E-state index in [4.69, 9.17) is 0 Å². The van der Waals surface area contributed by atoms with Crippen molar-refractivity contribution in [3.8, 4) is 5.75 Å². The van der Waals surface area contributed by atoms with Gasteiger partial charge in [-0.05, 0) is 54.1 Å². The molecule has 0 radical (unpaired) electrons. The van der Waals surface area contributed by atoms with Crippen molar-refractivity contribution in [1.29, 1.82) is 0 Å². The molecule has 0 unspecified atom stereocenters. The monoisotopic (exact) mass is 310 g/mol. The summed E-state index contributed by atoms with van der Waals surface area (Å²) in [5.74, 6) is 0.765. The molecule has 1 aliphatic rings. The molecule has 1 heterocycles. The van der Waals surface area contributed by atoms with Crippen LogP contribution in [0.2, 0.25) is 0 Å². The quantitative estimate of drug-likeness (QED) is 0.872. The van der Waals surface area contributed by atoms with Gasteiger partial charge in [-0.25, -0.2) is 4.99 Å². The Morgan fingerprint density at radius 1 is 1.14 bits per heavy atom. The number of phenolic OH excluding ortho intramolecular Hbond substituents is 1. The maximum atomic E-state index is 11.7. The van der Waals surface area contributed by atoms with Gasteiger partial charge in [0.25, 0.3) is 5.24 Å². The molecule has 2 aromatic carbocycles. The lowest BCUT2D eigenvalue weighted by atomic mass is 10.2. The third-order valence-corrected chi connectivity index (χ3v) is 4.01. The Morgan fingerprint density at radius 3 is 2.59 bits per heavy atom. The van der Waals surface area contributed by atoms with Crippen LogP contribution in [0.15, 0.2) is 58.4 Å². The summed E-state index contributed by atoms with van der Waals surface area (Å²) in [6, 6.07) is 14.6. The van der Waals surface area contributed by atoms with Crippen LogP contribution >= 0.6 is 11.8 Å². The van der Waals surface area contributed by atoms with Crippen molar-refractivity contribution in [3.05, 3.63) is 64.6 Å². The van der Waals surface area contributed by atoms with Gasteiger partial charge in [0, 0.05) is 0 Å². The number of carbonyl (C=O) groups is 1. The molecule has 0 bridgehead atoms. The van der Waals surface area contributed by atoms with E-state index >= 15 is 0 Å². The molecule has 2 N–H and O–H groups in total. The summed E-state index contributed by atoms with van der Waals surface area (Å²) < 4.78 is 0. The van der Waals surface area contributed by atoms with Crippen molar-refractivity contribution in [2.75, 3.05) is 0 Å². The maximum absolute atomic E-state index is 11.7. The van der Waals surface area contributed by atoms with Crippen molar-refractivity contribution < 1.29 is 9.90 Å². The minimum atomic E-state index is -0.141. The highest BCUT2D eigenvalue weighted by atomic mass is 32.2. The van der Waals surface area contributed by atoms with Crippen LogP contribution in [0.25, 0.3) is 6.08 Å². The molecule has 1 fully saturated rings. The first kappa shape index (κ1) is 14.4. The van der Waals surface area contributed by atoms with E-state index in [1.807, 2.05) is 37.3 Å². The SMILES string of the molecule is Cc1ccccc1N=C1NC(=O)S/C1=C\c1ccc(O)cc1. The normalized spacial score (nSPS) is 18.0. The highest BCUT2D eigenvalue weighted by molar-refractivity contribution is 8.18. The number of benzene rings is 2. The minimum absolute atomic E-state index is 0.141. The second-order valence-corrected chi connectivity index (χ2v) is 5.88. The van der Waals surface area contributed by atoms with Crippen LogP contribution < -0.4 is 5.32 Å². The lowest BCUT2D eigenvalue weighted by Crippen LogP contribution is -2.18. The topological polar surface area (TPSA) is 61.7 Å². The molecule has 0 spiro atoms. The largest absolute Gasteiger partial charge is 0.508 e. The summed E-state index contributed by atoms with van der Waals surface area (Å²) >= 11 is 1.12. The van der Waals surface area contributed by atoms with Crippen molar-refractivity contribution in [1.82, 2.24) is 5.32 Å². The number of aliphatic imine (C=N–C) groups is 1. The molecule has 0 aliphatic carbocycles. The molecule has 0 atom stereocenters. The number of carbonyl (C=O) groups excluding carboxylic acids is 1. The van der Waals surface area contributed by atoms with Gasteiger partial charge < -0.3 is 10.4 Å². The number of nitrogens with one attached hydrogen (secondary N) is 1. The molecule has 0 aromatic heterocycles. The molecule has 1 saturated heterocycles. The van der Waals surface area contributed by atoms with Crippen LogP contribution in [0.3, 0.4) is 0 Å². The van der Waals surface area contributed by atoms with Crippen LogP contribution in [0.4, 0.5) is 10.5 Å². The highest BCUT2D eigenvalue weighted by Gasteiger charge is 2.23. The summed E-state index contributed by atoms with van der Waals surface area (Å²) in [5, 5.41) is 11.9. The van der Waals surface area contributed by atoms with Gasteiger partial charge >= 0.3 is 0 Å². The second-order valence-electron chi connectivity index (χ2n) is 4.86. The summed E-state index contributed by atoms with van der Waals surface area (Å²) in [5.41, 5.74) is 2.77. The van der Waals surface area contributed by atoms with E-state index < -0.39 is 0 Å². The standard InChI is InChI=1S/C17H14N2O2S/c1-11-4-2-3-5-14(11)18-16-15(22-17(21)19-16)10-12-6-8-13(20)9-7-12/h2-10,20H,1H3,(H,18,19,21)/b15-10-. The van der Waals surface area contributed by atoms with Gasteiger partial charge in [-0.15, -0.1) is 0 Å². The summed E-state index contributed by atoms with van der Waals surface area (Å²) in [6.07, 6.45) is 1.87. The summed E-state index contributed by atoms with van der Waals surface area (Å²) in [7, 11) is 0. The summed E-state index contributed by atoms with van der Waals surface area (Å²) in [6.45, 7) is 1.98. The van der Waals surface area contributed by atoms with Gasteiger partial charge in [-0.3, -0.25) is 4.79 Å². The second kappa shape index (κ2) is 6.07. The molecule has 1 aliphatic heterocycles. The predicted molar refractivity (Wildman–Crippen MR) is 90.5 cm³/mol. The Labute approximate surface area is 132 Å². The van der Waals surface area contributed by atoms with Crippen LogP contribution in [0.1, 0.15) is 11.1 Å². The zero-order chi connectivity index (χ0) is 15.5. The van der Waals surface area contributed by atoms with Crippen LogP contribution in [-0.2, 0) is 0 Å². The van der Waals surface area contributed by atoms with E-state index in [1.54, 1.807) is 24.3 Å². The average molecular weight is 310 g/mol. The molecular weight excluding hydrogens is 296 g/mol. The van der Waals surface area contributed by atoms with E-state index in [0.717, 1.165) is 33.5 Å². The zero-order valence-corrected chi connectivity index (χ0v) is 12.7. The van der Waals surface area contributed by atoms with Gasteiger partial charge in [-0.1, -0.05) is 30.3 Å². The molecule has 4 nitrogen and oxygen atoms in total. The van der Waals surface area contributed by atoms with Gasteiger partial charge in [0.05, 0.1) is 10.6 Å². The number of amidine groups is 1. The van der Waals surface area contributed by atoms with Crippen LogP contribution in [0.5, 0.6) is 5.75 Å². The van der Waals surface area contributed by atoms with Crippen LogP contribution in [-0.4, -0.2) is 16.2 Å². The Morgan fingerprint density at radius 2 is 1.86 bits per heavy atom. The Balaban J connectivity index is 1.97. The van der Waals surface area contributed by atoms with Gasteiger partial charge in [0.1, 0.15) is 11.6 Å². The highest BCUT2D eigenvalue weighted by Crippen LogP contribution is 2.29. The fraction of sp³-hybridized carbons (Fsp3) is 0.0588. The molecule has 110 valence electrons. The van der Waals surface area contributed by atoms with Crippen LogP contribution in [0, 0.1) is 6.92 Å². The molecular formula is C17H14N2O2S. The maximum Gasteiger partial charge on any atom is 0.289 e. The fourth-order valence-electron chi connectivity index (χ4n) is 2.04. The number of rotatable bonds is 2. The zero-order valence-electron chi connectivity index (χ0n) is 11.9. The van der Waals surface area contributed by atoms with Crippen molar-refractivity contribution in [2.24, 2.45) is 4.99 Å². The number of para-hydroxylation sites is 1. The summed E-state index contributed by atoms with van der Waals surface area (Å²) in [4.78, 5) is 17.0. The number of phenols is 1. The lowest BCUT2D eigenvalue weighted by Gasteiger charge is -2.02. The van der Waals surface area contributed by atoms with E-state index in [9.17, 15) is 9.90 Å². The number of nitrogens with zero attached hydrogens (tertiary/aromatic N) is 1. The molecule has 2 aromatic rings. The first-order chi connectivity index (χ1) is 10.6. The van der Waals surface area contributed by atoms with E-state index in [2.05, 4.69) is 10.3 Å². The average Bonchev–Trinajstić information content (AvgIpc) is 2.83. The van der Waals surface area contributed by atoms with Crippen molar-refractivity contribution in [2.45, 2.75) is 6.92 Å². The lowest BCUT2D eigenvalue weighted by molar-refractivity contribution is 0.265. The molecule has 22 heavy (non-hydrogen) atoms. The van der Waals surface area contributed by atoms with Crippen molar-refractivity contribution in [3.63, 3.8) is 0 Å². The van der Waals surface area contributed by atoms with Gasteiger partial charge in [0.2, 0.25) is 0 Å². The first-order valence-electron chi connectivity index (χ1n) is 6.76. The number of aryl methyl sites for hydroxylation is 1. The Kier molecular flexibility index (Phi) is 3.98. The molecule has 3 rings (SSSR count). The predicted octanol–water partition coefficient (Wildman–Crippen LogP) is 4.23. The number of hydrogen-bond donors (Lipinski definition) is 2. The smallest absolute Gasteiger partial charge is 0.289 e. The minimum Gasteiger partial charge on any atom is -0.508 e. The number of hydrogen-bond acceptors (Lipinski definition) is 4. The van der Waals surface area contributed by atoms with E-state index in [0.29, 0.717) is 5.84 Å². The number of aromatic hydroxyl groups is 1. The van der Waals surface area contributed by atoms with E-state index in [-0.39, 0.29) is 11.0 Å².